The van der Waals surface area contributed by atoms with Crippen LogP contribution in [-0.2, 0) is 34.6 Å². The zero-order chi connectivity index (χ0) is 21.9. The number of allylic oxidation sites excluding steroid dienone is 8. The number of rotatable bonds is 8. The smallest absolute Gasteiger partial charge is 1.00 e. The molecule has 0 radical (unpaired) electrons. The quantitative estimate of drug-likeness (QED) is 0.246. The first-order chi connectivity index (χ1) is 14.2. The summed E-state index contributed by atoms with van der Waals surface area (Å²) >= 11 is 0. The molecule has 1 aromatic rings. The van der Waals surface area contributed by atoms with Gasteiger partial charge in [-0.25, -0.2) is 5.57 Å². The van der Waals surface area contributed by atoms with Crippen LogP contribution in [0.15, 0.2) is 59.2 Å². The summed E-state index contributed by atoms with van der Waals surface area (Å²) in [7, 11) is -0.578. The molecule has 2 aliphatic rings. The molecule has 186 valence electrons. The normalized spacial score (nSPS) is 23.4. The van der Waals surface area contributed by atoms with Gasteiger partial charge in [0.25, 0.3) is 0 Å². The molecule has 0 saturated heterocycles. The van der Waals surface area contributed by atoms with Crippen LogP contribution in [0.3, 0.4) is 0 Å². The molecule has 3 rings (SSSR count). The van der Waals surface area contributed by atoms with Crippen LogP contribution in [0, 0.1) is 17.4 Å². The maximum Gasteiger partial charge on any atom is 4.00 e. The molecule has 2 atom stereocenters. The predicted octanol–water partition coefficient (Wildman–Crippen LogP) is -2.19. The van der Waals surface area contributed by atoms with Crippen LogP contribution in [0.1, 0.15) is 78.9 Å². The van der Waals surface area contributed by atoms with Crippen LogP contribution in [0.4, 0.5) is 0 Å². The zero-order valence-corrected chi connectivity index (χ0v) is 27.2. The number of benzene rings is 1. The molecule has 0 spiro atoms. The van der Waals surface area contributed by atoms with E-state index < -0.39 is 9.52 Å². The molecule has 0 N–H and O–H groups in total. The van der Waals surface area contributed by atoms with Crippen molar-refractivity contribution in [3.05, 3.63) is 76.4 Å². The van der Waals surface area contributed by atoms with Crippen LogP contribution < -0.4 is 42.4 Å². The van der Waals surface area contributed by atoms with E-state index in [-0.39, 0.29) is 69.4 Å². The molecular formula is C29H41Cl3SiTi. The van der Waals surface area contributed by atoms with Gasteiger partial charge >= 0.3 is 21.7 Å². The molecule has 0 amide bonds. The van der Waals surface area contributed by atoms with Crippen LogP contribution >= 0.6 is 0 Å². The summed E-state index contributed by atoms with van der Waals surface area (Å²) in [6.07, 6.45) is 19.4. The Morgan fingerprint density at radius 1 is 0.941 bits per heavy atom. The van der Waals surface area contributed by atoms with Gasteiger partial charge in [-0.1, -0.05) is 101 Å². The molecule has 2 unspecified atom stereocenters. The Morgan fingerprint density at radius 3 is 1.94 bits per heavy atom. The third kappa shape index (κ3) is 8.25. The molecular weight excluding hydrogens is 531 g/mol. The van der Waals surface area contributed by atoms with Crippen molar-refractivity contribution in [3.63, 3.8) is 0 Å². The van der Waals surface area contributed by atoms with Gasteiger partial charge in [0.15, 0.2) is 0 Å². The van der Waals surface area contributed by atoms with Crippen molar-refractivity contribution in [1.82, 2.24) is 0 Å². The Labute approximate surface area is 245 Å². The standard InChI is InChI=1S/C29H41Si.3ClH.Ti/c1-8-25-15-26(9-2)17-27(16-25)30-29(19-22(5)23(6)24(29)7)20-28(18-21(3)4)13-11-10-12-14-28;;;;/h10-13,15-17,21H,8-9,14,18,20,30H2,1-7H3;3*1H;/q-1;;;;+4/p-3. The molecule has 0 nitrogen and oxygen atoms in total. The van der Waals surface area contributed by atoms with Crippen molar-refractivity contribution < 1.29 is 58.9 Å². The average molecular weight is 572 g/mol. The van der Waals surface area contributed by atoms with Crippen LogP contribution in [0.25, 0.3) is 0 Å². The second-order valence-corrected chi connectivity index (χ2v) is 12.6. The zero-order valence-electron chi connectivity index (χ0n) is 22.0. The maximum atomic E-state index is 4.08. The fourth-order valence-corrected chi connectivity index (χ4v) is 8.71. The first-order valence-electron chi connectivity index (χ1n) is 12.0. The predicted molar refractivity (Wildman–Crippen MR) is 136 cm³/mol. The van der Waals surface area contributed by atoms with Crippen molar-refractivity contribution in [1.29, 1.82) is 0 Å². The summed E-state index contributed by atoms with van der Waals surface area (Å²) < 4.78 is 0. The van der Waals surface area contributed by atoms with Gasteiger partial charge in [-0.15, -0.1) is 6.92 Å². The molecule has 5 heteroatoms. The van der Waals surface area contributed by atoms with E-state index >= 15 is 0 Å². The Morgan fingerprint density at radius 2 is 1.53 bits per heavy atom. The van der Waals surface area contributed by atoms with E-state index in [2.05, 4.69) is 97.0 Å². The fourth-order valence-electron chi connectivity index (χ4n) is 5.78. The minimum Gasteiger partial charge on any atom is -1.00 e. The number of aryl methyl sites for hydroxylation is 2. The Kier molecular flexibility index (Phi) is 16.2. The first kappa shape index (κ1) is 36.1. The van der Waals surface area contributed by atoms with E-state index in [1.54, 1.807) is 10.8 Å². The molecule has 0 heterocycles. The van der Waals surface area contributed by atoms with E-state index in [9.17, 15) is 0 Å². The van der Waals surface area contributed by atoms with Gasteiger partial charge in [0.1, 0.15) is 0 Å². The molecule has 0 aromatic heterocycles. The van der Waals surface area contributed by atoms with Gasteiger partial charge in [-0.05, 0) is 48.1 Å². The maximum absolute atomic E-state index is 4.08. The minimum atomic E-state index is -0.578. The fraction of sp³-hybridized carbons (Fsp3) is 0.517. The Hall–Kier alpha value is -0.0188. The van der Waals surface area contributed by atoms with E-state index in [4.69, 9.17) is 0 Å². The largest absolute Gasteiger partial charge is 4.00 e. The number of hydrogen-bond acceptors (Lipinski definition) is 0. The molecule has 34 heavy (non-hydrogen) atoms. The van der Waals surface area contributed by atoms with Crippen molar-refractivity contribution >= 4 is 14.7 Å². The second-order valence-electron chi connectivity index (χ2n) is 10.3. The molecule has 0 bridgehead atoms. The van der Waals surface area contributed by atoms with Crippen molar-refractivity contribution in [2.45, 2.75) is 85.6 Å². The Bertz CT molecular complexity index is 894. The number of halogens is 3. The van der Waals surface area contributed by atoms with Gasteiger partial charge in [-0.2, -0.15) is 11.1 Å². The second kappa shape index (κ2) is 15.3. The third-order valence-corrected chi connectivity index (χ3v) is 9.77. The molecule has 2 aliphatic carbocycles. The van der Waals surface area contributed by atoms with Gasteiger partial charge in [-0.3, -0.25) is 6.08 Å². The monoisotopic (exact) mass is 570 g/mol. The van der Waals surface area contributed by atoms with Gasteiger partial charge in [0.05, 0.1) is 0 Å². The summed E-state index contributed by atoms with van der Waals surface area (Å²) in [5, 5.41) is 1.76. The van der Waals surface area contributed by atoms with Crippen molar-refractivity contribution in [2.24, 2.45) is 11.3 Å². The molecule has 1 aromatic carbocycles. The number of hydrogen-bond donors (Lipinski definition) is 0. The van der Waals surface area contributed by atoms with Gasteiger partial charge < -0.3 is 37.2 Å². The summed E-state index contributed by atoms with van der Waals surface area (Å²) in [4.78, 5) is 0. The first-order valence-corrected chi connectivity index (χ1v) is 13.4. The van der Waals surface area contributed by atoms with Crippen LogP contribution in [0.2, 0.25) is 5.04 Å². The summed E-state index contributed by atoms with van der Waals surface area (Å²) in [6, 6.07) is 7.43. The molecule has 0 saturated carbocycles. The van der Waals surface area contributed by atoms with Gasteiger partial charge in [0.2, 0.25) is 0 Å². The van der Waals surface area contributed by atoms with Crippen molar-refractivity contribution in [2.75, 3.05) is 0 Å². The Balaban J connectivity index is 0. The minimum absolute atomic E-state index is 0. The third-order valence-electron chi connectivity index (χ3n) is 7.39. The topological polar surface area (TPSA) is 0 Å². The molecule has 0 aliphatic heterocycles. The SMILES string of the molecule is CCc1cc(CC)cc([SiH2]C2(CC3(CC(C)C)C=CC=CC3)[C-]=C(C)C(C)=C2C)c1.[Cl-].[Cl-].[Cl-].[Ti+4]. The summed E-state index contributed by atoms with van der Waals surface area (Å²) in [6.45, 7) is 16.3. The average Bonchev–Trinajstić information content (AvgIpc) is 2.90. The molecule has 0 fully saturated rings. The van der Waals surface area contributed by atoms with Gasteiger partial charge in [0, 0.05) is 9.52 Å². The van der Waals surface area contributed by atoms with E-state index in [0.29, 0.717) is 5.92 Å². The van der Waals surface area contributed by atoms with E-state index in [0.717, 1.165) is 12.8 Å². The van der Waals surface area contributed by atoms with Crippen molar-refractivity contribution in [3.8, 4) is 0 Å². The summed E-state index contributed by atoms with van der Waals surface area (Å²) in [5.41, 5.74) is 7.73. The van der Waals surface area contributed by atoms with Crippen LogP contribution in [-0.4, -0.2) is 9.52 Å². The van der Waals surface area contributed by atoms with Crippen LogP contribution in [0.5, 0.6) is 0 Å². The summed E-state index contributed by atoms with van der Waals surface area (Å²) in [5.74, 6) is 0.701. The van der Waals surface area contributed by atoms with E-state index in [1.165, 1.54) is 41.5 Å². The van der Waals surface area contributed by atoms with E-state index in [1.807, 2.05) is 0 Å².